The minimum atomic E-state index is 0.307. The van der Waals surface area contributed by atoms with Crippen LogP contribution in [0.15, 0.2) is 24.3 Å². The summed E-state index contributed by atoms with van der Waals surface area (Å²) in [6.07, 6.45) is 0.669. The van der Waals surface area contributed by atoms with Crippen LogP contribution in [0.25, 0.3) is 0 Å². The van der Waals surface area contributed by atoms with E-state index in [-0.39, 0.29) is 0 Å². The standard InChI is InChI=1S/C18H28N2O/c1-14(2)13-18(21)20-11-9-19(10-12-20)17-8-6-5-7-16(17)15(3)4/h5-8,14-15H,9-13H2,1-4H3. The molecule has 2 rings (SSSR count). The molecule has 1 amide bonds. The van der Waals surface area contributed by atoms with Crippen molar-refractivity contribution in [2.45, 2.75) is 40.0 Å². The second-order valence-corrected chi connectivity index (χ2v) is 6.68. The summed E-state index contributed by atoms with van der Waals surface area (Å²) in [5.41, 5.74) is 2.74. The SMILES string of the molecule is CC(C)CC(=O)N1CCN(c2ccccc2C(C)C)CC1. The number of piperazine rings is 1. The molecule has 0 N–H and O–H groups in total. The molecule has 0 aromatic heterocycles. The molecular formula is C18H28N2O. The topological polar surface area (TPSA) is 23.6 Å². The lowest BCUT2D eigenvalue weighted by Crippen LogP contribution is -2.49. The van der Waals surface area contributed by atoms with Crippen LogP contribution in [-0.2, 0) is 4.79 Å². The predicted octanol–water partition coefficient (Wildman–Crippen LogP) is 3.50. The molecule has 0 radical (unpaired) electrons. The van der Waals surface area contributed by atoms with E-state index in [2.05, 4.69) is 56.9 Å². The van der Waals surface area contributed by atoms with Crippen molar-refractivity contribution in [3.05, 3.63) is 29.8 Å². The molecule has 1 aromatic rings. The van der Waals surface area contributed by atoms with Crippen LogP contribution in [0.4, 0.5) is 5.69 Å². The molecule has 21 heavy (non-hydrogen) atoms. The molecule has 3 nitrogen and oxygen atoms in total. The van der Waals surface area contributed by atoms with Gasteiger partial charge in [0.25, 0.3) is 0 Å². The first kappa shape index (κ1) is 15.9. The van der Waals surface area contributed by atoms with Gasteiger partial charge in [-0.3, -0.25) is 4.79 Å². The largest absolute Gasteiger partial charge is 0.368 e. The normalized spacial score (nSPS) is 15.9. The Labute approximate surface area is 128 Å². The van der Waals surface area contributed by atoms with E-state index in [0.29, 0.717) is 24.2 Å². The number of carbonyl (C=O) groups excluding carboxylic acids is 1. The Morgan fingerprint density at radius 1 is 1.05 bits per heavy atom. The van der Waals surface area contributed by atoms with Gasteiger partial charge in [-0.05, 0) is 23.5 Å². The molecule has 0 unspecified atom stereocenters. The van der Waals surface area contributed by atoms with E-state index in [1.165, 1.54) is 11.3 Å². The molecule has 0 aliphatic carbocycles. The highest BCUT2D eigenvalue weighted by atomic mass is 16.2. The number of hydrogen-bond donors (Lipinski definition) is 0. The van der Waals surface area contributed by atoms with E-state index >= 15 is 0 Å². The first-order valence-electron chi connectivity index (χ1n) is 8.10. The number of hydrogen-bond acceptors (Lipinski definition) is 2. The predicted molar refractivity (Wildman–Crippen MR) is 88.8 cm³/mol. The highest BCUT2D eigenvalue weighted by molar-refractivity contribution is 5.76. The van der Waals surface area contributed by atoms with Crippen molar-refractivity contribution in [2.24, 2.45) is 5.92 Å². The number of rotatable bonds is 4. The van der Waals surface area contributed by atoms with Crippen LogP contribution in [0.5, 0.6) is 0 Å². The fourth-order valence-electron chi connectivity index (χ4n) is 2.94. The molecule has 1 saturated heterocycles. The van der Waals surface area contributed by atoms with Gasteiger partial charge in [-0.2, -0.15) is 0 Å². The molecular weight excluding hydrogens is 260 g/mol. The Balaban J connectivity index is 2.00. The monoisotopic (exact) mass is 288 g/mol. The van der Waals surface area contributed by atoms with E-state index in [0.717, 1.165) is 26.2 Å². The third kappa shape index (κ3) is 3.99. The van der Waals surface area contributed by atoms with E-state index < -0.39 is 0 Å². The van der Waals surface area contributed by atoms with E-state index in [4.69, 9.17) is 0 Å². The molecule has 0 spiro atoms. The first-order valence-corrected chi connectivity index (χ1v) is 8.10. The second kappa shape index (κ2) is 6.97. The van der Waals surface area contributed by atoms with Crippen LogP contribution in [0.2, 0.25) is 0 Å². The lowest BCUT2D eigenvalue weighted by atomic mass is 10.00. The fourth-order valence-corrected chi connectivity index (χ4v) is 2.94. The van der Waals surface area contributed by atoms with E-state index in [9.17, 15) is 4.79 Å². The molecule has 116 valence electrons. The summed E-state index contributed by atoms with van der Waals surface area (Å²) in [6, 6.07) is 8.65. The van der Waals surface area contributed by atoms with Gasteiger partial charge in [0.1, 0.15) is 0 Å². The maximum Gasteiger partial charge on any atom is 0.222 e. The zero-order valence-electron chi connectivity index (χ0n) is 13.8. The Morgan fingerprint density at radius 2 is 1.67 bits per heavy atom. The van der Waals surface area contributed by atoms with Crippen LogP contribution >= 0.6 is 0 Å². The van der Waals surface area contributed by atoms with E-state index in [1.807, 2.05) is 4.90 Å². The Kier molecular flexibility index (Phi) is 5.27. The Hall–Kier alpha value is -1.51. The summed E-state index contributed by atoms with van der Waals surface area (Å²) in [6.45, 7) is 12.2. The third-order valence-corrected chi connectivity index (χ3v) is 4.11. The molecule has 0 bridgehead atoms. The molecule has 3 heteroatoms. The molecule has 0 saturated carbocycles. The zero-order valence-corrected chi connectivity index (χ0v) is 13.8. The van der Waals surface area contributed by atoms with Crippen molar-refractivity contribution in [3.63, 3.8) is 0 Å². The average Bonchev–Trinajstić information content (AvgIpc) is 2.46. The van der Waals surface area contributed by atoms with Gasteiger partial charge in [0.15, 0.2) is 0 Å². The van der Waals surface area contributed by atoms with Crippen molar-refractivity contribution in [2.75, 3.05) is 31.1 Å². The number of carbonyl (C=O) groups is 1. The Bertz CT molecular complexity index is 474. The maximum absolute atomic E-state index is 12.1. The smallest absolute Gasteiger partial charge is 0.222 e. The van der Waals surface area contributed by atoms with Crippen molar-refractivity contribution < 1.29 is 4.79 Å². The number of benzene rings is 1. The van der Waals surface area contributed by atoms with Crippen LogP contribution in [0.3, 0.4) is 0 Å². The quantitative estimate of drug-likeness (QED) is 0.846. The molecule has 0 atom stereocenters. The number of para-hydroxylation sites is 1. The molecule has 1 aliphatic heterocycles. The minimum absolute atomic E-state index is 0.307. The maximum atomic E-state index is 12.1. The third-order valence-electron chi connectivity index (χ3n) is 4.11. The summed E-state index contributed by atoms with van der Waals surface area (Å²) < 4.78 is 0. The lowest BCUT2D eigenvalue weighted by molar-refractivity contribution is -0.132. The van der Waals surface area contributed by atoms with Gasteiger partial charge in [-0.25, -0.2) is 0 Å². The van der Waals surface area contributed by atoms with Crippen molar-refractivity contribution in [3.8, 4) is 0 Å². The molecule has 1 fully saturated rings. The summed E-state index contributed by atoms with van der Waals surface area (Å²) >= 11 is 0. The van der Waals surface area contributed by atoms with Crippen molar-refractivity contribution in [1.29, 1.82) is 0 Å². The summed E-state index contributed by atoms with van der Waals surface area (Å²) in [5.74, 6) is 1.28. The van der Waals surface area contributed by atoms with Gasteiger partial charge in [-0.15, -0.1) is 0 Å². The number of nitrogens with zero attached hydrogens (tertiary/aromatic N) is 2. The Morgan fingerprint density at radius 3 is 2.24 bits per heavy atom. The van der Waals surface area contributed by atoms with Gasteiger partial charge < -0.3 is 9.80 Å². The molecule has 1 aliphatic rings. The van der Waals surface area contributed by atoms with Gasteiger partial charge >= 0.3 is 0 Å². The second-order valence-electron chi connectivity index (χ2n) is 6.68. The first-order chi connectivity index (χ1) is 9.99. The highest BCUT2D eigenvalue weighted by Gasteiger charge is 2.23. The summed E-state index contributed by atoms with van der Waals surface area (Å²) in [5, 5.41) is 0. The summed E-state index contributed by atoms with van der Waals surface area (Å²) in [7, 11) is 0. The highest BCUT2D eigenvalue weighted by Crippen LogP contribution is 2.28. The average molecular weight is 288 g/mol. The molecule has 1 aromatic carbocycles. The van der Waals surface area contributed by atoms with Gasteiger partial charge in [-0.1, -0.05) is 45.9 Å². The molecule has 1 heterocycles. The van der Waals surface area contributed by atoms with Crippen molar-refractivity contribution in [1.82, 2.24) is 4.90 Å². The van der Waals surface area contributed by atoms with Gasteiger partial charge in [0.2, 0.25) is 5.91 Å². The van der Waals surface area contributed by atoms with E-state index in [1.54, 1.807) is 0 Å². The van der Waals surface area contributed by atoms with Crippen LogP contribution in [0, 0.1) is 5.92 Å². The summed E-state index contributed by atoms with van der Waals surface area (Å²) in [4.78, 5) is 16.6. The van der Waals surface area contributed by atoms with Crippen LogP contribution in [-0.4, -0.2) is 37.0 Å². The minimum Gasteiger partial charge on any atom is -0.368 e. The van der Waals surface area contributed by atoms with Crippen LogP contribution < -0.4 is 4.90 Å². The number of anilines is 1. The number of amides is 1. The fraction of sp³-hybridized carbons (Fsp3) is 0.611. The van der Waals surface area contributed by atoms with Gasteiger partial charge in [0.05, 0.1) is 0 Å². The van der Waals surface area contributed by atoms with Crippen LogP contribution in [0.1, 0.15) is 45.6 Å². The van der Waals surface area contributed by atoms with Gasteiger partial charge in [0, 0.05) is 38.3 Å². The van der Waals surface area contributed by atoms with Crippen molar-refractivity contribution >= 4 is 11.6 Å². The zero-order chi connectivity index (χ0) is 15.4. The lowest BCUT2D eigenvalue weighted by Gasteiger charge is -2.37.